The summed E-state index contributed by atoms with van der Waals surface area (Å²) in [5, 5.41) is 0. The Kier molecular flexibility index (Phi) is 6.23. The van der Waals surface area contributed by atoms with Crippen LogP contribution in [0.4, 0.5) is 0 Å². The van der Waals surface area contributed by atoms with Crippen molar-refractivity contribution in [3.05, 3.63) is 24.2 Å². The smallest absolute Gasteiger partial charge is 0.310 e. The Hall–Kier alpha value is -2.15. The number of furan rings is 1. The molecule has 0 aromatic carbocycles. The summed E-state index contributed by atoms with van der Waals surface area (Å²) in [5.74, 6) is -1.91. The van der Waals surface area contributed by atoms with Crippen molar-refractivity contribution < 1.29 is 33.0 Å². The lowest BCUT2D eigenvalue weighted by atomic mass is 9.43. The normalized spacial score (nSPS) is 39.1. The van der Waals surface area contributed by atoms with Crippen molar-refractivity contribution in [3.8, 4) is 0 Å². The fourth-order valence-corrected chi connectivity index (χ4v) is 6.68. The summed E-state index contributed by atoms with van der Waals surface area (Å²) in [5.41, 5.74) is -0.465. The van der Waals surface area contributed by atoms with E-state index in [-0.39, 0.29) is 23.6 Å². The highest BCUT2D eigenvalue weighted by Crippen LogP contribution is 2.65. The number of carbonyl (C=O) groups excluding carboxylic acids is 3. The average Bonchev–Trinajstić information content (AvgIpc) is 3.29. The lowest BCUT2D eigenvalue weighted by Crippen LogP contribution is -2.64. The summed E-state index contributed by atoms with van der Waals surface area (Å²) in [7, 11) is 1.39. The number of unbranched alkanes of at least 4 members (excludes halogenated alkanes) is 1. The van der Waals surface area contributed by atoms with Gasteiger partial charge in [-0.05, 0) is 49.0 Å². The minimum Gasteiger partial charge on any atom is -0.472 e. The zero-order valence-corrected chi connectivity index (χ0v) is 19.4. The lowest BCUT2D eigenvalue weighted by molar-refractivity contribution is -0.209. The number of carbonyl (C=O) groups is 3. The summed E-state index contributed by atoms with van der Waals surface area (Å²) in [6, 6.07) is 1.79. The van der Waals surface area contributed by atoms with Gasteiger partial charge in [0, 0.05) is 18.1 Å². The van der Waals surface area contributed by atoms with Gasteiger partial charge in [0.2, 0.25) is 0 Å². The Balaban J connectivity index is 1.74. The van der Waals surface area contributed by atoms with Crippen molar-refractivity contribution in [1.82, 2.24) is 0 Å². The van der Waals surface area contributed by atoms with Crippen LogP contribution in [0, 0.1) is 28.6 Å². The molecular weight excluding hydrogens is 412 g/mol. The second-order valence-electron chi connectivity index (χ2n) is 10.1. The molecule has 2 aliphatic carbocycles. The van der Waals surface area contributed by atoms with E-state index in [0.717, 1.165) is 18.4 Å². The first-order valence-corrected chi connectivity index (χ1v) is 11.7. The third-order valence-corrected chi connectivity index (χ3v) is 8.32. The predicted molar refractivity (Wildman–Crippen MR) is 114 cm³/mol. The van der Waals surface area contributed by atoms with Crippen LogP contribution in [0.25, 0.3) is 0 Å². The third kappa shape index (κ3) is 3.58. The van der Waals surface area contributed by atoms with E-state index in [1.807, 2.05) is 13.8 Å². The molecular formula is C25H34O7. The molecule has 2 saturated carbocycles. The van der Waals surface area contributed by atoms with Crippen molar-refractivity contribution in [2.75, 3.05) is 13.7 Å². The summed E-state index contributed by atoms with van der Waals surface area (Å²) >= 11 is 0. The minimum absolute atomic E-state index is 0.0107. The number of hydrogen-bond acceptors (Lipinski definition) is 7. The second kappa shape index (κ2) is 8.65. The molecule has 2 unspecified atom stereocenters. The number of esters is 2. The number of fused-ring (bicyclic) bond motifs is 3. The molecule has 0 amide bonds. The molecule has 7 nitrogen and oxygen atoms in total. The van der Waals surface area contributed by atoms with Crippen molar-refractivity contribution in [3.63, 3.8) is 0 Å². The van der Waals surface area contributed by atoms with Crippen molar-refractivity contribution in [2.45, 2.75) is 71.5 Å². The van der Waals surface area contributed by atoms with Gasteiger partial charge in [-0.25, -0.2) is 0 Å². The molecule has 32 heavy (non-hydrogen) atoms. The summed E-state index contributed by atoms with van der Waals surface area (Å²) in [4.78, 5) is 39.9. The first-order chi connectivity index (χ1) is 15.3. The molecule has 0 spiro atoms. The van der Waals surface area contributed by atoms with E-state index in [1.165, 1.54) is 7.11 Å². The molecule has 0 bridgehead atoms. The van der Waals surface area contributed by atoms with E-state index in [2.05, 4.69) is 6.92 Å². The third-order valence-electron chi connectivity index (χ3n) is 8.32. The van der Waals surface area contributed by atoms with Gasteiger partial charge in [-0.2, -0.15) is 0 Å². The molecule has 7 atom stereocenters. The topological polar surface area (TPSA) is 92.0 Å². The molecule has 2 heterocycles. The van der Waals surface area contributed by atoms with E-state index in [9.17, 15) is 14.4 Å². The van der Waals surface area contributed by atoms with Gasteiger partial charge < -0.3 is 18.6 Å². The lowest BCUT2D eigenvalue weighted by Gasteiger charge is -2.61. The van der Waals surface area contributed by atoms with Crippen LogP contribution in [0.1, 0.15) is 71.0 Å². The van der Waals surface area contributed by atoms with Crippen molar-refractivity contribution >= 4 is 17.7 Å². The van der Waals surface area contributed by atoms with Gasteiger partial charge in [-0.1, -0.05) is 27.2 Å². The number of ether oxygens (including phenoxy) is 3. The number of cyclic esters (lactones) is 1. The van der Waals surface area contributed by atoms with Crippen LogP contribution in [0.5, 0.6) is 0 Å². The van der Waals surface area contributed by atoms with Gasteiger partial charge in [0.05, 0.1) is 31.5 Å². The van der Waals surface area contributed by atoms with Gasteiger partial charge in [-0.15, -0.1) is 0 Å². The van der Waals surface area contributed by atoms with Crippen LogP contribution in [0.15, 0.2) is 23.0 Å². The Morgan fingerprint density at radius 1 is 1.25 bits per heavy atom. The number of Topliss-reactive ketones (excluding diaryl/α,β-unsaturated/α-hetero) is 1. The molecule has 1 aliphatic heterocycles. The highest BCUT2D eigenvalue weighted by Gasteiger charge is 2.67. The van der Waals surface area contributed by atoms with Gasteiger partial charge in [-0.3, -0.25) is 14.4 Å². The first-order valence-electron chi connectivity index (χ1n) is 11.7. The quantitative estimate of drug-likeness (QED) is 0.476. The molecule has 7 heteroatoms. The van der Waals surface area contributed by atoms with Gasteiger partial charge in [0.1, 0.15) is 12.2 Å². The van der Waals surface area contributed by atoms with Gasteiger partial charge >= 0.3 is 11.9 Å². The van der Waals surface area contributed by atoms with Crippen LogP contribution in [0.2, 0.25) is 0 Å². The summed E-state index contributed by atoms with van der Waals surface area (Å²) in [6.07, 6.45) is 5.83. The Morgan fingerprint density at radius 3 is 2.69 bits per heavy atom. The molecule has 176 valence electrons. The Bertz CT molecular complexity index is 862. The monoisotopic (exact) mass is 446 g/mol. The van der Waals surface area contributed by atoms with E-state index in [4.69, 9.17) is 18.6 Å². The van der Waals surface area contributed by atoms with Gasteiger partial charge in [0.25, 0.3) is 0 Å². The maximum Gasteiger partial charge on any atom is 0.310 e. The van der Waals surface area contributed by atoms with Crippen LogP contribution >= 0.6 is 0 Å². The maximum atomic E-state index is 13.9. The molecule has 3 aliphatic rings. The Labute approximate surface area is 189 Å². The maximum absolute atomic E-state index is 13.9. The Morgan fingerprint density at radius 2 is 2.03 bits per heavy atom. The number of rotatable bonds is 6. The van der Waals surface area contributed by atoms with E-state index >= 15 is 0 Å². The van der Waals surface area contributed by atoms with E-state index < -0.39 is 34.9 Å². The summed E-state index contributed by atoms with van der Waals surface area (Å²) in [6.45, 7) is 6.59. The largest absolute Gasteiger partial charge is 0.472 e. The zero-order valence-electron chi connectivity index (χ0n) is 19.4. The standard InChI is InChI=1S/C25H34O7/c1-5-6-10-31-18-12-17(22(27)29-4)24(2)9-7-16-23(28)32-19(15-8-11-30-14-15)13-25(16,3)21(24)20(18)26/h8,11,14,16-19,21H,5-7,9-10,12-13H2,1-4H3/t16?,17-,18-,19-,21?,24-,25-/m0/s1. The molecule has 0 N–H and O–H groups in total. The fourth-order valence-electron chi connectivity index (χ4n) is 6.68. The number of hydrogen-bond donors (Lipinski definition) is 0. The second-order valence-corrected chi connectivity index (χ2v) is 10.1. The van der Waals surface area contributed by atoms with E-state index in [1.54, 1.807) is 18.6 Å². The molecule has 1 aromatic heterocycles. The van der Waals surface area contributed by atoms with Crippen molar-refractivity contribution in [2.24, 2.45) is 28.6 Å². The minimum atomic E-state index is -0.662. The summed E-state index contributed by atoms with van der Waals surface area (Å²) < 4.78 is 22.2. The van der Waals surface area contributed by atoms with Crippen LogP contribution in [-0.4, -0.2) is 37.5 Å². The molecule has 4 rings (SSSR count). The molecule has 3 fully saturated rings. The van der Waals surface area contributed by atoms with E-state index in [0.29, 0.717) is 32.3 Å². The van der Waals surface area contributed by atoms with Gasteiger partial charge in [0.15, 0.2) is 5.78 Å². The molecule has 1 saturated heterocycles. The highest BCUT2D eigenvalue weighted by molar-refractivity contribution is 5.92. The molecule has 1 aromatic rings. The highest BCUT2D eigenvalue weighted by atomic mass is 16.5. The molecule has 0 radical (unpaired) electrons. The van der Waals surface area contributed by atoms with Crippen LogP contribution < -0.4 is 0 Å². The fraction of sp³-hybridized carbons (Fsp3) is 0.720. The number of methoxy groups -OCH3 is 1. The SMILES string of the molecule is CCCCO[C@H]1C[C@@H](C(=O)OC)[C@]2(C)CCC3C(=O)O[C@H](c4ccoc4)C[C@]3(C)C2C1=O. The number of ketones is 1. The van der Waals surface area contributed by atoms with Crippen LogP contribution in [0.3, 0.4) is 0 Å². The predicted octanol–water partition coefficient (Wildman–Crippen LogP) is 4.25. The van der Waals surface area contributed by atoms with Crippen molar-refractivity contribution in [1.29, 1.82) is 0 Å². The zero-order chi connectivity index (χ0) is 23.1. The van der Waals surface area contributed by atoms with Crippen LogP contribution in [-0.2, 0) is 28.6 Å². The first kappa shape index (κ1) is 23.0. The average molecular weight is 447 g/mol.